The number of nitrogens with one attached hydrogen (secondary N) is 2. The quantitative estimate of drug-likeness (QED) is 0.820. The van der Waals surface area contributed by atoms with Crippen LogP contribution in [0.25, 0.3) is 0 Å². The maximum atomic E-state index is 12.3. The highest BCUT2D eigenvalue weighted by molar-refractivity contribution is 5.96. The van der Waals surface area contributed by atoms with Crippen molar-refractivity contribution in [3.63, 3.8) is 0 Å². The summed E-state index contributed by atoms with van der Waals surface area (Å²) >= 11 is 0. The van der Waals surface area contributed by atoms with Gasteiger partial charge in [-0.25, -0.2) is 4.79 Å². The molecule has 3 rings (SSSR count). The third-order valence-corrected chi connectivity index (χ3v) is 4.49. The predicted molar refractivity (Wildman–Crippen MR) is 106 cm³/mol. The number of urea groups is 1. The first-order chi connectivity index (χ1) is 13.0. The molecule has 27 heavy (non-hydrogen) atoms. The second-order valence-electron chi connectivity index (χ2n) is 6.71. The van der Waals surface area contributed by atoms with Gasteiger partial charge >= 0.3 is 6.03 Å². The Morgan fingerprint density at radius 1 is 1.22 bits per heavy atom. The fourth-order valence-corrected chi connectivity index (χ4v) is 3.19. The molecule has 1 aliphatic rings. The summed E-state index contributed by atoms with van der Waals surface area (Å²) in [5.74, 6) is 0.955. The van der Waals surface area contributed by atoms with E-state index in [9.17, 15) is 9.59 Å². The minimum Gasteiger partial charge on any atom is -0.494 e. The summed E-state index contributed by atoms with van der Waals surface area (Å²) in [4.78, 5) is 26.2. The number of amides is 3. The van der Waals surface area contributed by atoms with Gasteiger partial charge in [0, 0.05) is 36.8 Å². The Bertz CT molecular complexity index is 805. The Morgan fingerprint density at radius 2 is 2.00 bits per heavy atom. The summed E-state index contributed by atoms with van der Waals surface area (Å²) in [6.45, 7) is 5.57. The molecule has 0 bridgehead atoms. The van der Waals surface area contributed by atoms with Crippen LogP contribution in [0.1, 0.15) is 18.9 Å². The van der Waals surface area contributed by atoms with Gasteiger partial charge in [0.15, 0.2) is 0 Å². The van der Waals surface area contributed by atoms with Gasteiger partial charge in [-0.05, 0) is 55.8 Å². The number of nitrogens with zero attached hydrogens (tertiary/aromatic N) is 1. The normalized spacial score (nSPS) is 16.3. The van der Waals surface area contributed by atoms with Crippen LogP contribution in [0.3, 0.4) is 0 Å². The van der Waals surface area contributed by atoms with Crippen molar-refractivity contribution >= 4 is 23.3 Å². The van der Waals surface area contributed by atoms with Crippen LogP contribution in [0.4, 0.5) is 16.2 Å². The van der Waals surface area contributed by atoms with Crippen LogP contribution in [-0.4, -0.2) is 31.6 Å². The van der Waals surface area contributed by atoms with Gasteiger partial charge in [0.25, 0.3) is 0 Å². The molecule has 0 spiro atoms. The zero-order valence-electron chi connectivity index (χ0n) is 15.7. The number of anilines is 2. The molecule has 3 amide bonds. The number of ether oxygens (including phenoxy) is 1. The highest BCUT2D eigenvalue weighted by Gasteiger charge is 2.30. The fourth-order valence-electron chi connectivity index (χ4n) is 3.19. The lowest BCUT2D eigenvalue weighted by Gasteiger charge is -2.17. The first kappa shape index (κ1) is 18.8. The highest BCUT2D eigenvalue weighted by Crippen LogP contribution is 2.26. The molecule has 1 fully saturated rings. The minimum absolute atomic E-state index is 0.0741. The van der Waals surface area contributed by atoms with E-state index in [1.807, 2.05) is 62.4 Å². The summed E-state index contributed by atoms with van der Waals surface area (Å²) < 4.78 is 5.43. The first-order valence-corrected chi connectivity index (χ1v) is 9.20. The van der Waals surface area contributed by atoms with E-state index >= 15 is 0 Å². The lowest BCUT2D eigenvalue weighted by atomic mass is 10.1. The summed E-state index contributed by atoms with van der Waals surface area (Å²) in [6, 6.07) is 14.9. The zero-order valence-corrected chi connectivity index (χ0v) is 15.7. The van der Waals surface area contributed by atoms with Crippen LogP contribution in [0, 0.1) is 12.8 Å². The fraction of sp³-hybridized carbons (Fsp3) is 0.333. The van der Waals surface area contributed by atoms with Crippen LogP contribution < -0.4 is 20.3 Å². The smallest absolute Gasteiger partial charge is 0.319 e. The van der Waals surface area contributed by atoms with E-state index in [0.717, 1.165) is 22.7 Å². The standard InChI is InChI=1S/C21H25N3O3/c1-3-27-19-9-7-18(8-10-19)24-14-16(12-20(24)25)13-22-21(26)23-17-6-4-5-15(2)11-17/h4-11,16H,3,12-14H2,1-2H3,(H2,22,23,26)/t16-/m1/s1. The average molecular weight is 367 g/mol. The van der Waals surface area contributed by atoms with Crippen molar-refractivity contribution in [3.8, 4) is 5.75 Å². The number of aryl methyl sites for hydroxylation is 1. The molecular weight excluding hydrogens is 342 g/mol. The van der Waals surface area contributed by atoms with E-state index in [1.165, 1.54) is 0 Å². The average Bonchev–Trinajstić information content (AvgIpc) is 3.02. The lowest BCUT2D eigenvalue weighted by molar-refractivity contribution is -0.117. The lowest BCUT2D eigenvalue weighted by Crippen LogP contribution is -2.34. The van der Waals surface area contributed by atoms with Crippen molar-refractivity contribution in [2.45, 2.75) is 20.3 Å². The Labute approximate surface area is 159 Å². The molecule has 6 nitrogen and oxygen atoms in total. The van der Waals surface area contributed by atoms with Crippen molar-refractivity contribution in [2.24, 2.45) is 5.92 Å². The third kappa shape index (κ3) is 5.00. The molecule has 0 aromatic heterocycles. The molecule has 0 radical (unpaired) electrons. The highest BCUT2D eigenvalue weighted by atomic mass is 16.5. The second-order valence-corrected chi connectivity index (χ2v) is 6.71. The van der Waals surface area contributed by atoms with Crippen molar-refractivity contribution in [3.05, 3.63) is 54.1 Å². The SMILES string of the molecule is CCOc1ccc(N2C[C@@H](CNC(=O)Nc3cccc(C)c3)CC2=O)cc1. The van der Waals surface area contributed by atoms with Crippen LogP contribution in [-0.2, 0) is 4.79 Å². The Morgan fingerprint density at radius 3 is 2.70 bits per heavy atom. The molecule has 1 aliphatic heterocycles. The summed E-state index contributed by atoms with van der Waals surface area (Å²) in [7, 11) is 0. The van der Waals surface area contributed by atoms with E-state index in [1.54, 1.807) is 4.90 Å². The molecular formula is C21H25N3O3. The molecule has 0 saturated carbocycles. The monoisotopic (exact) mass is 367 g/mol. The maximum Gasteiger partial charge on any atom is 0.319 e. The number of hydrogen-bond acceptors (Lipinski definition) is 3. The van der Waals surface area contributed by atoms with Crippen molar-refractivity contribution in [2.75, 3.05) is 29.9 Å². The van der Waals surface area contributed by atoms with Crippen molar-refractivity contribution < 1.29 is 14.3 Å². The molecule has 1 saturated heterocycles. The van der Waals surface area contributed by atoms with E-state index in [0.29, 0.717) is 26.1 Å². The van der Waals surface area contributed by atoms with E-state index < -0.39 is 0 Å². The number of hydrogen-bond donors (Lipinski definition) is 2. The summed E-state index contributed by atoms with van der Waals surface area (Å²) in [6.07, 6.45) is 0.429. The maximum absolute atomic E-state index is 12.3. The second kappa shape index (κ2) is 8.58. The molecule has 0 unspecified atom stereocenters. The van der Waals surface area contributed by atoms with Gasteiger partial charge in [-0.2, -0.15) is 0 Å². The molecule has 2 N–H and O–H groups in total. The first-order valence-electron chi connectivity index (χ1n) is 9.20. The van der Waals surface area contributed by atoms with Crippen LogP contribution >= 0.6 is 0 Å². The number of carbonyl (C=O) groups excluding carboxylic acids is 2. The molecule has 142 valence electrons. The number of carbonyl (C=O) groups is 2. The summed E-state index contributed by atoms with van der Waals surface area (Å²) in [5.41, 5.74) is 2.70. The van der Waals surface area contributed by atoms with Crippen molar-refractivity contribution in [1.29, 1.82) is 0 Å². The van der Waals surface area contributed by atoms with E-state index in [4.69, 9.17) is 4.74 Å². The van der Waals surface area contributed by atoms with E-state index in [-0.39, 0.29) is 17.9 Å². The Hall–Kier alpha value is -3.02. The molecule has 6 heteroatoms. The third-order valence-electron chi connectivity index (χ3n) is 4.49. The van der Waals surface area contributed by atoms with Crippen LogP contribution in [0.2, 0.25) is 0 Å². The van der Waals surface area contributed by atoms with Gasteiger partial charge < -0.3 is 20.3 Å². The van der Waals surface area contributed by atoms with Gasteiger partial charge in [-0.1, -0.05) is 12.1 Å². The predicted octanol–water partition coefficient (Wildman–Crippen LogP) is 3.57. The molecule has 2 aromatic rings. The zero-order chi connectivity index (χ0) is 19.2. The number of rotatable bonds is 6. The largest absolute Gasteiger partial charge is 0.494 e. The van der Waals surface area contributed by atoms with Gasteiger partial charge in [0.1, 0.15) is 5.75 Å². The Balaban J connectivity index is 1.50. The minimum atomic E-state index is -0.257. The van der Waals surface area contributed by atoms with Gasteiger partial charge in [0.2, 0.25) is 5.91 Å². The molecule has 1 atom stereocenters. The van der Waals surface area contributed by atoms with Crippen LogP contribution in [0.15, 0.2) is 48.5 Å². The molecule has 0 aliphatic carbocycles. The van der Waals surface area contributed by atoms with Gasteiger partial charge in [0.05, 0.1) is 6.61 Å². The van der Waals surface area contributed by atoms with Gasteiger partial charge in [-0.15, -0.1) is 0 Å². The Kier molecular flexibility index (Phi) is 5.96. The molecule has 2 aromatic carbocycles. The summed E-state index contributed by atoms with van der Waals surface area (Å²) in [5, 5.41) is 5.68. The van der Waals surface area contributed by atoms with E-state index in [2.05, 4.69) is 10.6 Å². The molecule has 1 heterocycles. The number of benzene rings is 2. The van der Waals surface area contributed by atoms with Crippen LogP contribution in [0.5, 0.6) is 5.75 Å². The van der Waals surface area contributed by atoms with Gasteiger partial charge in [-0.3, -0.25) is 4.79 Å². The van der Waals surface area contributed by atoms with Crippen molar-refractivity contribution in [1.82, 2.24) is 5.32 Å². The topological polar surface area (TPSA) is 70.7 Å².